The van der Waals surface area contributed by atoms with Gasteiger partial charge in [0.2, 0.25) is 0 Å². The molecule has 0 aliphatic heterocycles. The van der Waals surface area contributed by atoms with Crippen LogP contribution in [0.25, 0.3) is 0 Å². The lowest BCUT2D eigenvalue weighted by Crippen LogP contribution is -2.26. The Balaban J connectivity index is 1.86. The second-order valence-electron chi connectivity index (χ2n) is 6.36. The van der Waals surface area contributed by atoms with Gasteiger partial charge in [0.15, 0.2) is 0 Å². The van der Waals surface area contributed by atoms with Crippen LogP contribution in [-0.2, 0) is 16.8 Å². The molecule has 1 heterocycles. The quantitative estimate of drug-likeness (QED) is 0.849. The number of hydrogen-bond acceptors (Lipinski definition) is 4. The number of aryl methyl sites for hydroxylation is 1. The highest BCUT2D eigenvalue weighted by Crippen LogP contribution is 2.46. The minimum Gasteiger partial charge on any atom is -0.368 e. The third-order valence-electron chi connectivity index (χ3n) is 4.81. The van der Waals surface area contributed by atoms with Crippen LogP contribution in [0.3, 0.4) is 0 Å². The molecule has 21 heavy (non-hydrogen) atoms. The molecular formula is C17H28N2OS. The molecule has 0 amide bonds. The molecule has 3 nitrogen and oxygen atoms in total. The van der Waals surface area contributed by atoms with Gasteiger partial charge < -0.3 is 10.1 Å². The van der Waals surface area contributed by atoms with Crippen LogP contribution in [0, 0.1) is 0 Å². The normalized spacial score (nSPS) is 24.2. The Labute approximate surface area is 132 Å². The summed E-state index contributed by atoms with van der Waals surface area (Å²) in [5, 5.41) is 4.97. The first kappa shape index (κ1) is 15.4. The van der Waals surface area contributed by atoms with E-state index in [1.54, 1.807) is 0 Å². The van der Waals surface area contributed by atoms with Crippen LogP contribution in [0.4, 0.5) is 0 Å². The summed E-state index contributed by atoms with van der Waals surface area (Å²) in [7, 11) is 0. The van der Waals surface area contributed by atoms with E-state index in [4.69, 9.17) is 9.72 Å². The van der Waals surface area contributed by atoms with E-state index in [0.29, 0.717) is 6.04 Å². The average Bonchev–Trinajstić information content (AvgIpc) is 3.12. The zero-order valence-electron chi connectivity index (χ0n) is 13.4. The summed E-state index contributed by atoms with van der Waals surface area (Å²) < 4.78 is 6.20. The molecule has 0 radical (unpaired) electrons. The molecule has 1 saturated carbocycles. The number of fused-ring (bicyclic) bond motifs is 1. The number of ether oxygens (including phenoxy) is 1. The van der Waals surface area contributed by atoms with Crippen molar-refractivity contribution in [3.8, 4) is 0 Å². The Hall–Kier alpha value is -0.450. The van der Waals surface area contributed by atoms with Crippen LogP contribution in [0.5, 0.6) is 0 Å². The molecule has 1 N–H and O–H groups in total. The van der Waals surface area contributed by atoms with Gasteiger partial charge in [-0.15, -0.1) is 11.3 Å². The van der Waals surface area contributed by atoms with E-state index in [0.717, 1.165) is 32.4 Å². The number of aromatic nitrogens is 1. The van der Waals surface area contributed by atoms with E-state index in [2.05, 4.69) is 19.2 Å². The summed E-state index contributed by atoms with van der Waals surface area (Å²) in [6.45, 7) is 6.24. The Morgan fingerprint density at radius 3 is 2.81 bits per heavy atom. The fraction of sp³-hybridized carbons (Fsp3) is 0.824. The molecule has 0 saturated heterocycles. The van der Waals surface area contributed by atoms with Crippen LogP contribution in [0.1, 0.15) is 80.4 Å². The maximum absolute atomic E-state index is 6.20. The van der Waals surface area contributed by atoms with Crippen molar-refractivity contribution in [2.45, 2.75) is 76.9 Å². The number of nitrogens with zero attached hydrogens (tertiary/aromatic N) is 1. The molecule has 118 valence electrons. The van der Waals surface area contributed by atoms with E-state index in [1.807, 2.05) is 11.3 Å². The van der Waals surface area contributed by atoms with Crippen LogP contribution in [0.2, 0.25) is 0 Å². The summed E-state index contributed by atoms with van der Waals surface area (Å²) in [5.41, 5.74) is 1.28. The van der Waals surface area contributed by atoms with Crippen LogP contribution in [0.15, 0.2) is 0 Å². The molecule has 1 aromatic heterocycles. The Morgan fingerprint density at radius 1 is 1.29 bits per heavy atom. The molecule has 1 fully saturated rings. The monoisotopic (exact) mass is 308 g/mol. The highest BCUT2D eigenvalue weighted by Gasteiger charge is 2.40. The first-order valence-corrected chi connectivity index (χ1v) is 9.48. The van der Waals surface area contributed by atoms with Gasteiger partial charge in [-0.2, -0.15) is 0 Å². The van der Waals surface area contributed by atoms with E-state index in [-0.39, 0.29) is 5.60 Å². The molecule has 4 heteroatoms. The predicted octanol–water partition coefficient (Wildman–Crippen LogP) is 4.33. The van der Waals surface area contributed by atoms with Crippen molar-refractivity contribution in [1.82, 2.24) is 10.3 Å². The fourth-order valence-corrected chi connectivity index (χ4v) is 5.19. The third kappa shape index (κ3) is 3.03. The van der Waals surface area contributed by atoms with Gasteiger partial charge in [-0.25, -0.2) is 4.98 Å². The SMILES string of the molecule is CCCNC1CCCc2nc(C3(OCC)CCCC3)sc21. The first-order valence-electron chi connectivity index (χ1n) is 8.66. The zero-order valence-corrected chi connectivity index (χ0v) is 14.2. The third-order valence-corrected chi connectivity index (χ3v) is 6.21. The van der Waals surface area contributed by atoms with E-state index < -0.39 is 0 Å². The maximum atomic E-state index is 6.20. The van der Waals surface area contributed by atoms with Crippen molar-refractivity contribution < 1.29 is 4.74 Å². The second kappa shape index (κ2) is 6.76. The molecule has 0 bridgehead atoms. The van der Waals surface area contributed by atoms with Gasteiger partial charge in [-0.05, 0) is 52.0 Å². The summed E-state index contributed by atoms with van der Waals surface area (Å²) in [5.74, 6) is 0. The van der Waals surface area contributed by atoms with E-state index in [1.165, 1.54) is 47.7 Å². The lowest BCUT2D eigenvalue weighted by atomic mass is 9.97. The van der Waals surface area contributed by atoms with Crippen molar-refractivity contribution in [1.29, 1.82) is 0 Å². The van der Waals surface area contributed by atoms with Gasteiger partial charge in [0.25, 0.3) is 0 Å². The predicted molar refractivity (Wildman–Crippen MR) is 87.9 cm³/mol. The summed E-state index contributed by atoms with van der Waals surface area (Å²) >= 11 is 1.93. The van der Waals surface area contributed by atoms with Gasteiger partial charge in [-0.3, -0.25) is 0 Å². The molecule has 1 aromatic rings. The lowest BCUT2D eigenvalue weighted by molar-refractivity contribution is -0.0392. The van der Waals surface area contributed by atoms with Gasteiger partial charge in [0.1, 0.15) is 10.6 Å². The lowest BCUT2D eigenvalue weighted by Gasteiger charge is -2.26. The molecular weight excluding hydrogens is 280 g/mol. The van der Waals surface area contributed by atoms with Crippen LogP contribution >= 0.6 is 11.3 Å². The van der Waals surface area contributed by atoms with Gasteiger partial charge in [0.05, 0.1) is 5.69 Å². The molecule has 2 aliphatic carbocycles. The van der Waals surface area contributed by atoms with E-state index in [9.17, 15) is 0 Å². The molecule has 1 unspecified atom stereocenters. The maximum Gasteiger partial charge on any atom is 0.125 e. The number of nitrogens with one attached hydrogen (secondary N) is 1. The van der Waals surface area contributed by atoms with Gasteiger partial charge >= 0.3 is 0 Å². The highest BCUT2D eigenvalue weighted by atomic mass is 32.1. The van der Waals surface area contributed by atoms with Crippen molar-refractivity contribution in [3.05, 3.63) is 15.6 Å². The molecule has 0 spiro atoms. The summed E-state index contributed by atoms with van der Waals surface area (Å²) in [4.78, 5) is 6.53. The van der Waals surface area contributed by atoms with Crippen molar-refractivity contribution >= 4 is 11.3 Å². The molecule has 1 atom stereocenters. The van der Waals surface area contributed by atoms with Crippen LogP contribution < -0.4 is 5.32 Å². The second-order valence-corrected chi connectivity index (χ2v) is 7.39. The molecule has 0 aromatic carbocycles. The minimum absolute atomic E-state index is 0.0634. The van der Waals surface area contributed by atoms with Crippen LogP contribution in [-0.4, -0.2) is 18.1 Å². The summed E-state index contributed by atoms with van der Waals surface area (Å²) in [6, 6.07) is 0.528. The average molecular weight is 308 g/mol. The largest absolute Gasteiger partial charge is 0.368 e. The Bertz CT molecular complexity index is 465. The first-order chi connectivity index (χ1) is 10.3. The number of hydrogen-bond donors (Lipinski definition) is 1. The van der Waals surface area contributed by atoms with Gasteiger partial charge in [0, 0.05) is 17.5 Å². The number of thiazole rings is 1. The van der Waals surface area contributed by atoms with E-state index >= 15 is 0 Å². The van der Waals surface area contributed by atoms with Crippen molar-refractivity contribution in [3.63, 3.8) is 0 Å². The topological polar surface area (TPSA) is 34.2 Å². The Kier molecular flexibility index (Phi) is 4.97. The highest BCUT2D eigenvalue weighted by molar-refractivity contribution is 7.12. The fourth-order valence-electron chi connectivity index (χ4n) is 3.77. The smallest absolute Gasteiger partial charge is 0.125 e. The summed E-state index contributed by atoms with van der Waals surface area (Å²) in [6.07, 6.45) is 9.73. The van der Waals surface area contributed by atoms with Crippen molar-refractivity contribution in [2.24, 2.45) is 0 Å². The number of rotatable bonds is 6. The zero-order chi connectivity index (χ0) is 14.7. The standard InChI is InChI=1S/C17H28N2OS/c1-3-12-18-13-8-7-9-14-15(13)21-16(19-14)17(20-4-2)10-5-6-11-17/h13,18H,3-12H2,1-2H3. The molecule has 3 rings (SSSR count). The Morgan fingerprint density at radius 2 is 2.10 bits per heavy atom. The van der Waals surface area contributed by atoms with Gasteiger partial charge in [-0.1, -0.05) is 19.8 Å². The minimum atomic E-state index is -0.0634. The van der Waals surface area contributed by atoms with Crippen molar-refractivity contribution in [2.75, 3.05) is 13.2 Å². The molecule has 2 aliphatic rings.